The molecule has 18 heavy (non-hydrogen) atoms. The van der Waals surface area contributed by atoms with E-state index in [1.54, 1.807) is 6.07 Å². The number of hydrogen-bond acceptors (Lipinski definition) is 4. The number of carbonyl (C=O) groups is 1. The third-order valence-corrected chi connectivity index (χ3v) is 3.40. The molecule has 0 aliphatic heterocycles. The average Bonchev–Trinajstić information content (AvgIpc) is 2.32. The minimum Gasteiger partial charge on any atom is -0.352 e. The Bertz CT molecular complexity index is 441. The molecule has 1 aromatic rings. The fourth-order valence-corrected chi connectivity index (χ4v) is 2.26. The van der Waals surface area contributed by atoms with Crippen LogP contribution in [0.4, 0.5) is 0 Å². The molecule has 98 valence electrons. The molecule has 1 saturated carbocycles. The summed E-state index contributed by atoms with van der Waals surface area (Å²) in [6.45, 7) is 4.52. The van der Waals surface area contributed by atoms with E-state index in [1.807, 2.05) is 13.8 Å². The van der Waals surface area contributed by atoms with Gasteiger partial charge >= 0.3 is 0 Å². The van der Waals surface area contributed by atoms with Crippen LogP contribution in [0.25, 0.3) is 0 Å². The zero-order valence-electron chi connectivity index (χ0n) is 10.9. The standard InChI is InChI=1S/C13H20N4O/c1-3-12-11(4-8(2)16-17-12)13(18)15-7-9-5-10(14)6-9/h4,9-10H,3,5-7,14H2,1-2H3,(H,15,18). The van der Waals surface area contributed by atoms with E-state index in [0.29, 0.717) is 30.5 Å². The molecule has 5 nitrogen and oxygen atoms in total. The van der Waals surface area contributed by atoms with Crippen molar-refractivity contribution in [1.29, 1.82) is 0 Å². The molecule has 0 atom stereocenters. The van der Waals surface area contributed by atoms with Gasteiger partial charge < -0.3 is 11.1 Å². The molecule has 5 heteroatoms. The molecule has 0 spiro atoms. The molecule has 1 heterocycles. The van der Waals surface area contributed by atoms with Crippen LogP contribution in [0.5, 0.6) is 0 Å². The SMILES string of the molecule is CCc1nnc(C)cc1C(=O)NCC1CC(N)C1. The highest BCUT2D eigenvalue weighted by Crippen LogP contribution is 2.24. The topological polar surface area (TPSA) is 80.9 Å². The predicted octanol–water partition coefficient (Wildman–Crippen LogP) is 0.815. The van der Waals surface area contributed by atoms with Gasteiger partial charge in [0.1, 0.15) is 0 Å². The molecular formula is C13H20N4O. The van der Waals surface area contributed by atoms with E-state index >= 15 is 0 Å². The van der Waals surface area contributed by atoms with Crippen LogP contribution >= 0.6 is 0 Å². The van der Waals surface area contributed by atoms with Gasteiger partial charge in [-0.3, -0.25) is 4.79 Å². The Labute approximate surface area is 107 Å². The van der Waals surface area contributed by atoms with Crippen molar-refractivity contribution >= 4 is 5.91 Å². The lowest BCUT2D eigenvalue weighted by Gasteiger charge is -2.32. The molecule has 1 fully saturated rings. The highest BCUT2D eigenvalue weighted by atomic mass is 16.1. The van der Waals surface area contributed by atoms with Crippen LogP contribution in [-0.4, -0.2) is 28.7 Å². The van der Waals surface area contributed by atoms with Gasteiger partial charge in [-0.05, 0) is 38.2 Å². The van der Waals surface area contributed by atoms with E-state index in [2.05, 4.69) is 15.5 Å². The summed E-state index contributed by atoms with van der Waals surface area (Å²) < 4.78 is 0. The van der Waals surface area contributed by atoms with E-state index in [4.69, 9.17) is 5.73 Å². The first kappa shape index (κ1) is 13.0. The number of nitrogens with one attached hydrogen (secondary N) is 1. The Kier molecular flexibility index (Phi) is 3.91. The Morgan fingerprint density at radius 2 is 2.22 bits per heavy atom. The molecule has 1 amide bonds. The summed E-state index contributed by atoms with van der Waals surface area (Å²) >= 11 is 0. The molecule has 3 N–H and O–H groups in total. The van der Waals surface area contributed by atoms with Gasteiger partial charge in [0, 0.05) is 12.6 Å². The fraction of sp³-hybridized carbons (Fsp3) is 0.615. The molecular weight excluding hydrogens is 228 g/mol. The number of nitrogens with zero attached hydrogens (tertiary/aromatic N) is 2. The van der Waals surface area contributed by atoms with Crippen LogP contribution in [-0.2, 0) is 6.42 Å². The van der Waals surface area contributed by atoms with Gasteiger partial charge in [0.05, 0.1) is 17.0 Å². The third-order valence-electron chi connectivity index (χ3n) is 3.40. The maximum atomic E-state index is 12.1. The van der Waals surface area contributed by atoms with Crippen molar-refractivity contribution in [2.24, 2.45) is 11.7 Å². The quantitative estimate of drug-likeness (QED) is 0.826. The van der Waals surface area contributed by atoms with Gasteiger partial charge in [0.15, 0.2) is 0 Å². The van der Waals surface area contributed by atoms with Gasteiger partial charge in [-0.15, -0.1) is 0 Å². The summed E-state index contributed by atoms with van der Waals surface area (Å²) in [6, 6.07) is 2.12. The second-order valence-electron chi connectivity index (χ2n) is 5.01. The Morgan fingerprint density at radius 1 is 1.50 bits per heavy atom. The number of rotatable bonds is 4. The Morgan fingerprint density at radius 3 is 2.83 bits per heavy atom. The van der Waals surface area contributed by atoms with Crippen molar-refractivity contribution in [3.8, 4) is 0 Å². The summed E-state index contributed by atoms with van der Waals surface area (Å²) in [5, 5.41) is 11.0. The Hall–Kier alpha value is -1.49. The first-order chi connectivity index (χ1) is 8.60. The smallest absolute Gasteiger partial charge is 0.253 e. The highest BCUT2D eigenvalue weighted by molar-refractivity contribution is 5.95. The van der Waals surface area contributed by atoms with Crippen molar-refractivity contribution < 1.29 is 4.79 Å². The summed E-state index contributed by atoms with van der Waals surface area (Å²) in [6.07, 6.45) is 2.73. The maximum absolute atomic E-state index is 12.1. The summed E-state index contributed by atoms with van der Waals surface area (Å²) in [5.41, 5.74) is 7.89. The molecule has 1 aromatic heterocycles. The first-order valence-corrected chi connectivity index (χ1v) is 6.47. The lowest BCUT2D eigenvalue weighted by atomic mass is 9.81. The minimum atomic E-state index is -0.0506. The van der Waals surface area contributed by atoms with Gasteiger partial charge in [0.25, 0.3) is 5.91 Å². The lowest BCUT2D eigenvalue weighted by molar-refractivity contribution is 0.0933. The minimum absolute atomic E-state index is 0.0506. The number of hydrogen-bond donors (Lipinski definition) is 2. The average molecular weight is 248 g/mol. The number of nitrogens with two attached hydrogens (primary N) is 1. The van der Waals surface area contributed by atoms with Crippen LogP contribution in [0.2, 0.25) is 0 Å². The maximum Gasteiger partial charge on any atom is 0.253 e. The zero-order valence-corrected chi connectivity index (χ0v) is 10.9. The van der Waals surface area contributed by atoms with E-state index < -0.39 is 0 Å². The Balaban J connectivity index is 1.97. The first-order valence-electron chi connectivity index (χ1n) is 6.47. The second-order valence-corrected chi connectivity index (χ2v) is 5.01. The molecule has 1 aliphatic carbocycles. The molecule has 0 saturated heterocycles. The van der Waals surface area contributed by atoms with Crippen molar-refractivity contribution in [1.82, 2.24) is 15.5 Å². The van der Waals surface area contributed by atoms with Crippen LogP contribution in [0, 0.1) is 12.8 Å². The van der Waals surface area contributed by atoms with Crippen molar-refractivity contribution in [2.45, 2.75) is 39.2 Å². The zero-order chi connectivity index (χ0) is 13.1. The molecule has 1 aliphatic rings. The molecule has 2 rings (SSSR count). The second kappa shape index (κ2) is 5.44. The van der Waals surface area contributed by atoms with Crippen LogP contribution in [0.3, 0.4) is 0 Å². The number of aromatic nitrogens is 2. The van der Waals surface area contributed by atoms with Crippen LogP contribution < -0.4 is 11.1 Å². The number of carbonyl (C=O) groups excluding carboxylic acids is 1. The van der Waals surface area contributed by atoms with E-state index in [9.17, 15) is 4.79 Å². The molecule has 0 bridgehead atoms. The number of aryl methyl sites for hydroxylation is 2. The van der Waals surface area contributed by atoms with Gasteiger partial charge in [-0.25, -0.2) is 0 Å². The molecule has 0 aromatic carbocycles. The summed E-state index contributed by atoms with van der Waals surface area (Å²) in [7, 11) is 0. The van der Waals surface area contributed by atoms with Crippen LogP contribution in [0.1, 0.15) is 41.5 Å². The lowest BCUT2D eigenvalue weighted by Crippen LogP contribution is -2.42. The largest absolute Gasteiger partial charge is 0.352 e. The fourth-order valence-electron chi connectivity index (χ4n) is 2.26. The van der Waals surface area contributed by atoms with Crippen molar-refractivity contribution in [3.63, 3.8) is 0 Å². The third kappa shape index (κ3) is 2.85. The van der Waals surface area contributed by atoms with Gasteiger partial charge in [-0.2, -0.15) is 10.2 Å². The summed E-state index contributed by atoms with van der Waals surface area (Å²) in [5.74, 6) is 0.482. The molecule has 0 unspecified atom stereocenters. The van der Waals surface area contributed by atoms with E-state index in [-0.39, 0.29) is 5.91 Å². The molecule has 0 radical (unpaired) electrons. The van der Waals surface area contributed by atoms with Gasteiger partial charge in [0.2, 0.25) is 0 Å². The summed E-state index contributed by atoms with van der Waals surface area (Å²) in [4.78, 5) is 12.1. The van der Waals surface area contributed by atoms with Gasteiger partial charge in [-0.1, -0.05) is 6.92 Å². The van der Waals surface area contributed by atoms with E-state index in [0.717, 1.165) is 24.2 Å². The van der Waals surface area contributed by atoms with Crippen LogP contribution in [0.15, 0.2) is 6.07 Å². The predicted molar refractivity (Wildman–Crippen MR) is 69.2 cm³/mol. The normalized spacial score (nSPS) is 22.4. The number of amides is 1. The highest BCUT2D eigenvalue weighted by Gasteiger charge is 2.26. The van der Waals surface area contributed by atoms with E-state index in [1.165, 1.54) is 0 Å². The van der Waals surface area contributed by atoms with Crippen molar-refractivity contribution in [2.75, 3.05) is 6.54 Å². The monoisotopic (exact) mass is 248 g/mol. The van der Waals surface area contributed by atoms with Crippen molar-refractivity contribution in [3.05, 3.63) is 23.0 Å².